The molecule has 0 saturated carbocycles. The van der Waals surface area contributed by atoms with E-state index in [9.17, 15) is 9.59 Å². The summed E-state index contributed by atoms with van der Waals surface area (Å²) in [5.74, 6) is -0.620. The molecule has 1 atom stereocenters. The summed E-state index contributed by atoms with van der Waals surface area (Å²) in [6.07, 6.45) is 2.36. The molecular weight excluding hydrogens is 280 g/mol. The van der Waals surface area contributed by atoms with Crippen LogP contribution in [0.1, 0.15) is 45.6 Å². The van der Waals surface area contributed by atoms with Crippen molar-refractivity contribution in [2.75, 3.05) is 6.61 Å². The molecule has 0 bridgehead atoms. The first-order chi connectivity index (χ1) is 10.4. The highest BCUT2D eigenvalue weighted by atomic mass is 16.6. The van der Waals surface area contributed by atoms with Gasteiger partial charge in [-0.3, -0.25) is 4.79 Å². The Bertz CT molecular complexity index is 448. The monoisotopic (exact) mass is 306 g/mol. The van der Waals surface area contributed by atoms with Gasteiger partial charge in [0.1, 0.15) is 11.9 Å². The Morgan fingerprint density at radius 3 is 2.50 bits per heavy atom. The number of carbonyl (C=O) groups excluding carboxylic acids is 2. The molecule has 1 aromatic carbocycles. The number of benzene rings is 1. The minimum absolute atomic E-state index is 0.138. The summed E-state index contributed by atoms with van der Waals surface area (Å²) >= 11 is 0. The summed E-state index contributed by atoms with van der Waals surface area (Å²) in [7, 11) is 0. The van der Waals surface area contributed by atoms with Crippen molar-refractivity contribution in [3.05, 3.63) is 35.9 Å². The van der Waals surface area contributed by atoms with Gasteiger partial charge in [-0.2, -0.15) is 0 Å². The predicted octanol–water partition coefficient (Wildman–Crippen LogP) is 3.53. The molecule has 0 amide bonds. The summed E-state index contributed by atoms with van der Waals surface area (Å²) in [6.45, 7) is 6.60. The number of hydrogen-bond acceptors (Lipinski definition) is 4. The molecule has 0 aromatic heterocycles. The van der Waals surface area contributed by atoms with Gasteiger partial charge in [-0.05, 0) is 39.2 Å². The van der Waals surface area contributed by atoms with Crippen LogP contribution in [0.5, 0.6) is 0 Å². The van der Waals surface area contributed by atoms with Crippen LogP contribution in [-0.4, -0.2) is 24.5 Å². The number of esters is 1. The van der Waals surface area contributed by atoms with Crippen LogP contribution in [0, 0.1) is 5.92 Å². The van der Waals surface area contributed by atoms with E-state index in [4.69, 9.17) is 9.47 Å². The lowest BCUT2D eigenvalue weighted by Gasteiger charge is -2.20. The van der Waals surface area contributed by atoms with E-state index in [0.717, 1.165) is 18.3 Å². The second kappa shape index (κ2) is 9.36. The smallest absolute Gasteiger partial charge is 0.307 e. The van der Waals surface area contributed by atoms with Gasteiger partial charge < -0.3 is 14.3 Å². The minimum Gasteiger partial charge on any atom is -0.460 e. The number of ether oxygens (including phenoxy) is 2. The quantitative estimate of drug-likeness (QED) is 0.398. The van der Waals surface area contributed by atoms with Crippen LogP contribution in [0.4, 0.5) is 0 Å². The van der Waals surface area contributed by atoms with Gasteiger partial charge in [0, 0.05) is 12.5 Å². The van der Waals surface area contributed by atoms with Crippen molar-refractivity contribution in [1.29, 1.82) is 0 Å². The first kappa shape index (κ1) is 18.4. The lowest BCUT2D eigenvalue weighted by Crippen LogP contribution is -2.25. The molecule has 0 aliphatic heterocycles. The Morgan fingerprint density at radius 2 is 1.91 bits per heavy atom. The number of aldehydes is 1. The zero-order chi connectivity index (χ0) is 16.4. The highest BCUT2D eigenvalue weighted by molar-refractivity contribution is 5.74. The number of rotatable bonds is 9. The topological polar surface area (TPSA) is 52.6 Å². The third-order valence-corrected chi connectivity index (χ3v) is 3.02. The average molecular weight is 306 g/mol. The van der Waals surface area contributed by atoms with Gasteiger partial charge in [0.15, 0.2) is 0 Å². The molecule has 0 radical (unpaired) electrons. The third kappa shape index (κ3) is 8.57. The molecule has 0 saturated heterocycles. The highest BCUT2D eigenvalue weighted by Crippen LogP contribution is 2.14. The Kier molecular flexibility index (Phi) is 7.82. The normalized spacial score (nSPS) is 12.7. The largest absolute Gasteiger partial charge is 0.460 e. The fourth-order valence-electron chi connectivity index (χ4n) is 2.03. The van der Waals surface area contributed by atoms with E-state index in [1.807, 2.05) is 51.1 Å². The second-order valence-electron chi connectivity index (χ2n) is 6.37. The molecule has 4 nitrogen and oxygen atoms in total. The van der Waals surface area contributed by atoms with Gasteiger partial charge in [0.2, 0.25) is 0 Å². The average Bonchev–Trinajstić information content (AvgIpc) is 2.44. The fourth-order valence-corrected chi connectivity index (χ4v) is 2.03. The van der Waals surface area contributed by atoms with Crippen LogP contribution in [-0.2, 0) is 25.7 Å². The third-order valence-electron chi connectivity index (χ3n) is 3.02. The first-order valence-corrected chi connectivity index (χ1v) is 7.69. The Labute approximate surface area is 132 Å². The van der Waals surface area contributed by atoms with Crippen LogP contribution in [0.25, 0.3) is 0 Å². The van der Waals surface area contributed by atoms with E-state index in [1.165, 1.54) is 0 Å². The molecule has 0 aliphatic carbocycles. The Balaban J connectivity index is 2.18. The molecule has 1 rings (SSSR count). The standard InChI is InChI=1S/C18H26O4/c1-18(2,3)22-17(20)12-16(13-19)10-7-11-21-14-15-8-5-4-6-9-15/h4-6,8-9,13,16H,7,10-12,14H2,1-3H3/t16-/m0/s1. The van der Waals surface area contributed by atoms with Crippen molar-refractivity contribution in [3.8, 4) is 0 Å². The SMILES string of the molecule is CC(C)(C)OC(=O)C[C@@H](C=O)CCCOCc1ccccc1. The fraction of sp³-hybridized carbons (Fsp3) is 0.556. The molecule has 0 heterocycles. The summed E-state index contributed by atoms with van der Waals surface area (Å²) in [5, 5.41) is 0. The zero-order valence-electron chi connectivity index (χ0n) is 13.7. The van der Waals surface area contributed by atoms with Crippen molar-refractivity contribution in [2.45, 2.75) is 52.2 Å². The Hall–Kier alpha value is -1.68. The molecule has 122 valence electrons. The molecule has 22 heavy (non-hydrogen) atoms. The van der Waals surface area contributed by atoms with Crippen LogP contribution in [0.2, 0.25) is 0 Å². The number of hydrogen-bond donors (Lipinski definition) is 0. The van der Waals surface area contributed by atoms with E-state index in [0.29, 0.717) is 19.6 Å². The maximum Gasteiger partial charge on any atom is 0.307 e. The van der Waals surface area contributed by atoms with Crippen molar-refractivity contribution in [3.63, 3.8) is 0 Å². The highest BCUT2D eigenvalue weighted by Gasteiger charge is 2.20. The Morgan fingerprint density at radius 1 is 1.23 bits per heavy atom. The maximum atomic E-state index is 11.7. The predicted molar refractivity (Wildman–Crippen MR) is 85.3 cm³/mol. The molecule has 0 N–H and O–H groups in total. The van der Waals surface area contributed by atoms with Crippen molar-refractivity contribution >= 4 is 12.3 Å². The van der Waals surface area contributed by atoms with Gasteiger partial charge in [-0.1, -0.05) is 30.3 Å². The lowest BCUT2D eigenvalue weighted by molar-refractivity contribution is -0.156. The van der Waals surface area contributed by atoms with Crippen LogP contribution < -0.4 is 0 Å². The zero-order valence-corrected chi connectivity index (χ0v) is 13.7. The van der Waals surface area contributed by atoms with Gasteiger partial charge in [0.05, 0.1) is 13.0 Å². The molecule has 0 fully saturated rings. The van der Waals surface area contributed by atoms with E-state index in [1.54, 1.807) is 0 Å². The summed E-state index contributed by atoms with van der Waals surface area (Å²) in [5.41, 5.74) is 0.617. The summed E-state index contributed by atoms with van der Waals surface area (Å²) < 4.78 is 10.8. The molecular formula is C18H26O4. The number of carbonyl (C=O) groups is 2. The van der Waals surface area contributed by atoms with E-state index in [-0.39, 0.29) is 18.3 Å². The molecule has 0 spiro atoms. The van der Waals surface area contributed by atoms with E-state index < -0.39 is 5.60 Å². The van der Waals surface area contributed by atoms with E-state index in [2.05, 4.69) is 0 Å². The van der Waals surface area contributed by atoms with Gasteiger partial charge >= 0.3 is 5.97 Å². The minimum atomic E-state index is -0.511. The second-order valence-corrected chi connectivity index (χ2v) is 6.37. The van der Waals surface area contributed by atoms with Crippen molar-refractivity contribution in [1.82, 2.24) is 0 Å². The summed E-state index contributed by atoms with van der Waals surface area (Å²) in [4.78, 5) is 22.7. The maximum absolute atomic E-state index is 11.7. The molecule has 0 unspecified atom stereocenters. The molecule has 0 aliphatic rings. The van der Waals surface area contributed by atoms with Gasteiger partial charge in [0.25, 0.3) is 0 Å². The van der Waals surface area contributed by atoms with Gasteiger partial charge in [-0.15, -0.1) is 0 Å². The van der Waals surface area contributed by atoms with E-state index >= 15 is 0 Å². The summed E-state index contributed by atoms with van der Waals surface area (Å²) in [6, 6.07) is 9.94. The lowest BCUT2D eigenvalue weighted by atomic mass is 10.0. The first-order valence-electron chi connectivity index (χ1n) is 7.69. The van der Waals surface area contributed by atoms with Crippen LogP contribution in [0.15, 0.2) is 30.3 Å². The van der Waals surface area contributed by atoms with Gasteiger partial charge in [-0.25, -0.2) is 0 Å². The molecule has 1 aromatic rings. The van der Waals surface area contributed by atoms with Crippen molar-refractivity contribution in [2.24, 2.45) is 5.92 Å². The van der Waals surface area contributed by atoms with Crippen molar-refractivity contribution < 1.29 is 19.1 Å². The van der Waals surface area contributed by atoms with Crippen LogP contribution in [0.3, 0.4) is 0 Å². The van der Waals surface area contributed by atoms with Crippen LogP contribution >= 0.6 is 0 Å². The molecule has 4 heteroatoms.